The van der Waals surface area contributed by atoms with Gasteiger partial charge in [0, 0.05) is 19.3 Å². The standard InChI is InChI=1S/C18H15Cl2N3O4/c19-13-4-3-11(8-14(13)20)16-15(10-22(18(25)26)6-7-27-16)23-5-1-2-12(9-21)17(23)24/h1-5,8,15-16H,6-7,10H2,(H,25,26). The Kier molecular flexibility index (Phi) is 5.71. The molecule has 2 atom stereocenters. The number of ether oxygens (including phenoxy) is 1. The van der Waals surface area contributed by atoms with E-state index in [-0.39, 0.29) is 25.3 Å². The number of hydrogen-bond acceptors (Lipinski definition) is 4. The zero-order valence-corrected chi connectivity index (χ0v) is 15.5. The number of carbonyl (C=O) groups is 1. The molecule has 0 saturated carbocycles. The maximum Gasteiger partial charge on any atom is 0.407 e. The monoisotopic (exact) mass is 407 g/mol. The molecule has 1 aromatic heterocycles. The molecule has 1 N–H and O–H groups in total. The van der Waals surface area contributed by atoms with Crippen molar-refractivity contribution in [3.8, 4) is 6.07 Å². The molecule has 1 fully saturated rings. The van der Waals surface area contributed by atoms with E-state index in [1.807, 2.05) is 6.07 Å². The van der Waals surface area contributed by atoms with E-state index >= 15 is 0 Å². The quantitative estimate of drug-likeness (QED) is 0.823. The molecule has 140 valence electrons. The molecule has 0 bridgehead atoms. The Morgan fingerprint density at radius 2 is 2.07 bits per heavy atom. The predicted octanol–water partition coefficient (Wildman–Crippen LogP) is 3.32. The van der Waals surface area contributed by atoms with Crippen molar-refractivity contribution in [3.05, 3.63) is 68.1 Å². The second-order valence-corrected chi connectivity index (χ2v) is 6.82. The predicted molar refractivity (Wildman–Crippen MR) is 99.2 cm³/mol. The minimum Gasteiger partial charge on any atom is -0.465 e. The van der Waals surface area contributed by atoms with E-state index in [0.29, 0.717) is 15.6 Å². The van der Waals surface area contributed by atoms with Crippen molar-refractivity contribution in [2.24, 2.45) is 0 Å². The maximum absolute atomic E-state index is 12.7. The van der Waals surface area contributed by atoms with Gasteiger partial charge in [0.15, 0.2) is 0 Å². The highest BCUT2D eigenvalue weighted by molar-refractivity contribution is 6.42. The summed E-state index contributed by atoms with van der Waals surface area (Å²) in [5.74, 6) is 0. The van der Waals surface area contributed by atoms with Crippen LogP contribution in [0.4, 0.5) is 4.79 Å². The molecule has 1 aliphatic heterocycles. The lowest BCUT2D eigenvalue weighted by atomic mass is 10.0. The van der Waals surface area contributed by atoms with E-state index in [0.717, 1.165) is 0 Å². The molecule has 7 nitrogen and oxygen atoms in total. The molecule has 3 rings (SSSR count). The van der Waals surface area contributed by atoms with Crippen LogP contribution in [0.3, 0.4) is 0 Å². The molecule has 0 spiro atoms. The largest absolute Gasteiger partial charge is 0.465 e. The summed E-state index contributed by atoms with van der Waals surface area (Å²) in [6, 6.07) is 9.14. The Labute approximate surface area is 164 Å². The maximum atomic E-state index is 12.7. The van der Waals surface area contributed by atoms with E-state index in [1.165, 1.54) is 21.7 Å². The number of benzene rings is 1. The Hall–Kier alpha value is -2.53. The van der Waals surface area contributed by atoms with Crippen molar-refractivity contribution < 1.29 is 14.6 Å². The Balaban J connectivity index is 2.12. The molecule has 1 saturated heterocycles. The smallest absolute Gasteiger partial charge is 0.407 e. The van der Waals surface area contributed by atoms with Gasteiger partial charge in [-0.3, -0.25) is 4.79 Å². The first-order chi connectivity index (χ1) is 12.9. The number of aromatic nitrogens is 1. The molecule has 2 heterocycles. The van der Waals surface area contributed by atoms with Gasteiger partial charge in [-0.25, -0.2) is 4.79 Å². The number of pyridine rings is 1. The van der Waals surface area contributed by atoms with Gasteiger partial charge in [-0.15, -0.1) is 0 Å². The summed E-state index contributed by atoms with van der Waals surface area (Å²) in [5, 5.41) is 19.3. The molecule has 1 amide bonds. The Morgan fingerprint density at radius 1 is 1.30 bits per heavy atom. The highest BCUT2D eigenvalue weighted by Crippen LogP contribution is 2.35. The summed E-state index contributed by atoms with van der Waals surface area (Å²) in [6.07, 6.45) is -0.230. The van der Waals surface area contributed by atoms with Gasteiger partial charge >= 0.3 is 6.09 Å². The zero-order valence-electron chi connectivity index (χ0n) is 14.0. The minimum atomic E-state index is -1.11. The van der Waals surface area contributed by atoms with E-state index in [9.17, 15) is 14.7 Å². The number of carboxylic acid groups (broad SMARTS) is 1. The topological polar surface area (TPSA) is 95.6 Å². The van der Waals surface area contributed by atoms with E-state index in [4.69, 9.17) is 33.2 Å². The van der Waals surface area contributed by atoms with Crippen LogP contribution >= 0.6 is 23.2 Å². The van der Waals surface area contributed by atoms with Gasteiger partial charge in [0.05, 0.1) is 22.7 Å². The number of hydrogen-bond donors (Lipinski definition) is 1. The van der Waals surface area contributed by atoms with Crippen molar-refractivity contribution in [2.45, 2.75) is 12.1 Å². The average molecular weight is 408 g/mol. The number of halogens is 2. The molecule has 27 heavy (non-hydrogen) atoms. The molecule has 0 aliphatic carbocycles. The van der Waals surface area contributed by atoms with Crippen LogP contribution in [0.1, 0.15) is 23.3 Å². The summed E-state index contributed by atoms with van der Waals surface area (Å²) >= 11 is 12.1. The summed E-state index contributed by atoms with van der Waals surface area (Å²) < 4.78 is 7.25. The molecular formula is C18H15Cl2N3O4. The summed E-state index contributed by atoms with van der Waals surface area (Å²) in [6.45, 7) is 0.339. The third kappa shape index (κ3) is 3.93. The molecule has 0 radical (unpaired) electrons. The Bertz CT molecular complexity index is 970. The first kappa shape index (κ1) is 19.2. The van der Waals surface area contributed by atoms with Gasteiger partial charge in [0.2, 0.25) is 0 Å². The SMILES string of the molecule is N#Cc1cccn(C2CN(C(=O)O)CCOC2c2ccc(Cl)c(Cl)c2)c1=O. The highest BCUT2D eigenvalue weighted by atomic mass is 35.5. The van der Waals surface area contributed by atoms with Crippen LogP contribution in [-0.4, -0.2) is 40.4 Å². The summed E-state index contributed by atoms with van der Waals surface area (Å²) in [5.41, 5.74) is 0.123. The van der Waals surface area contributed by atoms with Crippen LogP contribution in [-0.2, 0) is 4.74 Å². The van der Waals surface area contributed by atoms with Gasteiger partial charge in [-0.05, 0) is 29.8 Å². The fourth-order valence-electron chi connectivity index (χ4n) is 3.09. The highest BCUT2D eigenvalue weighted by Gasteiger charge is 2.33. The fraction of sp³-hybridized carbons (Fsp3) is 0.278. The third-order valence-electron chi connectivity index (χ3n) is 4.41. The lowest BCUT2D eigenvalue weighted by Gasteiger charge is -2.29. The van der Waals surface area contributed by atoms with Gasteiger partial charge in [-0.2, -0.15) is 5.26 Å². The van der Waals surface area contributed by atoms with Crippen molar-refractivity contribution in [2.75, 3.05) is 19.7 Å². The van der Waals surface area contributed by atoms with Crippen molar-refractivity contribution in [1.29, 1.82) is 5.26 Å². The molecule has 9 heteroatoms. The summed E-state index contributed by atoms with van der Waals surface area (Å²) in [7, 11) is 0. The van der Waals surface area contributed by atoms with Crippen molar-refractivity contribution >= 4 is 29.3 Å². The molecule has 1 aliphatic rings. The minimum absolute atomic E-state index is 0.0229. The number of amides is 1. The second kappa shape index (κ2) is 8.01. The zero-order chi connectivity index (χ0) is 19.6. The number of nitrogens with zero attached hydrogens (tertiary/aromatic N) is 3. The van der Waals surface area contributed by atoms with Crippen LogP contribution in [0.2, 0.25) is 10.0 Å². The lowest BCUT2D eigenvalue weighted by molar-refractivity contribution is 0.0334. The molecular weight excluding hydrogens is 393 g/mol. The summed E-state index contributed by atoms with van der Waals surface area (Å²) in [4.78, 5) is 25.4. The fourth-order valence-corrected chi connectivity index (χ4v) is 3.39. The molecule has 2 unspecified atom stereocenters. The van der Waals surface area contributed by atoms with Crippen LogP contribution in [0.15, 0.2) is 41.3 Å². The molecule has 1 aromatic carbocycles. The number of nitriles is 1. The van der Waals surface area contributed by atoms with Crippen molar-refractivity contribution in [1.82, 2.24) is 9.47 Å². The van der Waals surface area contributed by atoms with Gasteiger partial charge in [-0.1, -0.05) is 29.3 Å². The second-order valence-electron chi connectivity index (χ2n) is 6.01. The van der Waals surface area contributed by atoms with E-state index in [1.54, 1.807) is 24.3 Å². The Morgan fingerprint density at radius 3 is 2.74 bits per heavy atom. The van der Waals surface area contributed by atoms with Crippen molar-refractivity contribution in [3.63, 3.8) is 0 Å². The van der Waals surface area contributed by atoms with E-state index in [2.05, 4.69) is 0 Å². The van der Waals surface area contributed by atoms with Crippen LogP contribution in [0.25, 0.3) is 0 Å². The van der Waals surface area contributed by atoms with Crippen LogP contribution < -0.4 is 5.56 Å². The number of rotatable bonds is 2. The van der Waals surface area contributed by atoms with Gasteiger partial charge in [0.1, 0.15) is 17.7 Å². The van der Waals surface area contributed by atoms with E-state index < -0.39 is 23.8 Å². The third-order valence-corrected chi connectivity index (χ3v) is 5.15. The first-order valence-corrected chi connectivity index (χ1v) is 8.83. The normalized spacial score (nSPS) is 20.0. The van der Waals surface area contributed by atoms with Gasteiger partial charge in [0.25, 0.3) is 5.56 Å². The van der Waals surface area contributed by atoms with Crippen LogP contribution in [0, 0.1) is 11.3 Å². The van der Waals surface area contributed by atoms with Crippen LogP contribution in [0.5, 0.6) is 0 Å². The average Bonchev–Trinajstić information content (AvgIpc) is 2.87. The lowest BCUT2D eigenvalue weighted by Crippen LogP contribution is -2.39. The van der Waals surface area contributed by atoms with Gasteiger partial charge < -0.3 is 19.3 Å². The first-order valence-electron chi connectivity index (χ1n) is 8.08. The molecule has 2 aromatic rings.